The fourth-order valence-electron chi connectivity index (χ4n) is 2.84. The number of methoxy groups -OCH3 is 1. The summed E-state index contributed by atoms with van der Waals surface area (Å²) in [6.07, 6.45) is 1.64. The molecular formula is C19H15N5O4S. The normalized spacial score (nSPS) is 11.1. The van der Waals surface area contributed by atoms with Crippen molar-refractivity contribution in [3.05, 3.63) is 80.6 Å². The highest BCUT2D eigenvalue weighted by molar-refractivity contribution is 7.98. The molecule has 0 saturated carbocycles. The van der Waals surface area contributed by atoms with Gasteiger partial charge in [0, 0.05) is 18.0 Å². The Bertz CT molecular complexity index is 1380. The largest absolute Gasteiger partial charge is 0.465 e. The zero-order chi connectivity index (χ0) is 20.5. The zero-order valence-corrected chi connectivity index (χ0v) is 16.0. The van der Waals surface area contributed by atoms with Gasteiger partial charge in [-0.1, -0.05) is 17.8 Å². The van der Waals surface area contributed by atoms with Crippen molar-refractivity contribution >= 4 is 34.3 Å². The molecular weight excluding hydrogens is 394 g/mol. The van der Waals surface area contributed by atoms with E-state index < -0.39 is 11.5 Å². The third kappa shape index (κ3) is 3.45. The molecule has 3 heterocycles. The number of nitrogens with two attached hydrogens (primary N) is 1. The Labute approximate surface area is 167 Å². The second kappa shape index (κ2) is 7.40. The van der Waals surface area contributed by atoms with E-state index in [1.807, 2.05) is 0 Å². The summed E-state index contributed by atoms with van der Waals surface area (Å²) in [4.78, 5) is 45.3. The summed E-state index contributed by atoms with van der Waals surface area (Å²) in [5.74, 6) is 5.66. The average molecular weight is 409 g/mol. The number of rotatable bonds is 4. The summed E-state index contributed by atoms with van der Waals surface area (Å²) >= 11 is 1.17. The fourth-order valence-corrected chi connectivity index (χ4v) is 3.65. The van der Waals surface area contributed by atoms with E-state index in [2.05, 4.69) is 9.97 Å². The number of hydrogen-bond donors (Lipinski definition) is 1. The van der Waals surface area contributed by atoms with Gasteiger partial charge in [-0.05, 0) is 30.3 Å². The van der Waals surface area contributed by atoms with Crippen LogP contribution in [0.3, 0.4) is 0 Å². The Morgan fingerprint density at radius 3 is 2.79 bits per heavy atom. The van der Waals surface area contributed by atoms with Gasteiger partial charge in [0.2, 0.25) is 0 Å². The minimum Gasteiger partial charge on any atom is -0.465 e. The van der Waals surface area contributed by atoms with Crippen LogP contribution in [0.5, 0.6) is 0 Å². The smallest absolute Gasteiger partial charge is 0.337 e. The number of aromatic nitrogens is 4. The Morgan fingerprint density at radius 1 is 1.17 bits per heavy atom. The predicted octanol–water partition coefficient (Wildman–Crippen LogP) is 1.20. The van der Waals surface area contributed by atoms with Crippen LogP contribution in [0.15, 0.2) is 63.4 Å². The molecule has 9 nitrogen and oxygen atoms in total. The molecule has 0 saturated heterocycles. The number of benzene rings is 1. The van der Waals surface area contributed by atoms with Gasteiger partial charge in [0.05, 0.1) is 29.3 Å². The summed E-state index contributed by atoms with van der Waals surface area (Å²) in [6, 6.07) is 11.1. The van der Waals surface area contributed by atoms with E-state index in [0.29, 0.717) is 16.9 Å². The first-order chi connectivity index (χ1) is 14.0. The van der Waals surface area contributed by atoms with Gasteiger partial charge in [0.15, 0.2) is 5.16 Å². The number of carbonyl (C=O) groups is 1. The van der Waals surface area contributed by atoms with Crippen LogP contribution in [0.4, 0.5) is 0 Å². The third-order valence-corrected chi connectivity index (χ3v) is 5.25. The summed E-state index contributed by atoms with van der Waals surface area (Å²) in [5, 5.41) is 0.520. The molecule has 2 N–H and O–H groups in total. The Balaban J connectivity index is 1.70. The van der Waals surface area contributed by atoms with Crippen molar-refractivity contribution < 1.29 is 9.53 Å². The van der Waals surface area contributed by atoms with Crippen molar-refractivity contribution in [2.45, 2.75) is 10.9 Å². The molecule has 4 rings (SSSR count). The molecule has 0 bridgehead atoms. The molecule has 0 radical (unpaired) electrons. The lowest BCUT2D eigenvalue weighted by molar-refractivity contribution is 0.0601. The minimum absolute atomic E-state index is 0.203. The molecule has 0 aliphatic carbocycles. The number of nitrogen functional groups attached to an aromatic ring is 1. The molecule has 0 atom stereocenters. The van der Waals surface area contributed by atoms with Crippen LogP contribution in [0.2, 0.25) is 0 Å². The van der Waals surface area contributed by atoms with Crippen molar-refractivity contribution in [2.75, 3.05) is 13.0 Å². The van der Waals surface area contributed by atoms with E-state index in [1.54, 1.807) is 24.4 Å². The number of fused-ring (bicyclic) bond motifs is 2. The summed E-state index contributed by atoms with van der Waals surface area (Å²) in [7, 11) is 1.28. The molecule has 0 unspecified atom stereocenters. The number of carbonyl (C=O) groups excluding carboxylic acids is 1. The molecule has 0 amide bonds. The molecule has 1 aromatic carbocycles. The SMILES string of the molecule is COC(=O)c1ccc2c(=O)n(N)c(SCc3cc(=O)n4ccccc4n3)nc2c1. The van der Waals surface area contributed by atoms with Crippen molar-refractivity contribution in [1.29, 1.82) is 0 Å². The van der Waals surface area contributed by atoms with Gasteiger partial charge in [0.1, 0.15) is 5.65 Å². The van der Waals surface area contributed by atoms with Crippen molar-refractivity contribution in [2.24, 2.45) is 0 Å². The predicted molar refractivity (Wildman–Crippen MR) is 109 cm³/mol. The molecule has 0 aliphatic rings. The van der Waals surface area contributed by atoms with Crippen LogP contribution in [-0.2, 0) is 10.5 Å². The highest BCUT2D eigenvalue weighted by Crippen LogP contribution is 2.21. The summed E-state index contributed by atoms with van der Waals surface area (Å²) in [6.45, 7) is 0. The van der Waals surface area contributed by atoms with E-state index in [9.17, 15) is 14.4 Å². The van der Waals surface area contributed by atoms with Gasteiger partial charge in [-0.15, -0.1) is 0 Å². The van der Waals surface area contributed by atoms with E-state index >= 15 is 0 Å². The molecule has 3 aromatic heterocycles. The van der Waals surface area contributed by atoms with Gasteiger partial charge in [-0.2, -0.15) is 0 Å². The van der Waals surface area contributed by atoms with Gasteiger partial charge in [-0.3, -0.25) is 14.0 Å². The van der Waals surface area contributed by atoms with Crippen LogP contribution in [0, 0.1) is 0 Å². The van der Waals surface area contributed by atoms with E-state index in [-0.39, 0.29) is 27.4 Å². The minimum atomic E-state index is -0.527. The second-order valence-electron chi connectivity index (χ2n) is 6.10. The van der Waals surface area contributed by atoms with Crippen molar-refractivity contribution in [3.8, 4) is 0 Å². The average Bonchev–Trinajstić information content (AvgIpc) is 2.74. The number of hydrogen-bond acceptors (Lipinski definition) is 8. The lowest BCUT2D eigenvalue weighted by Gasteiger charge is -2.09. The Morgan fingerprint density at radius 2 is 2.00 bits per heavy atom. The zero-order valence-electron chi connectivity index (χ0n) is 15.2. The van der Waals surface area contributed by atoms with E-state index in [4.69, 9.17) is 10.6 Å². The number of esters is 1. The van der Waals surface area contributed by atoms with Crippen LogP contribution >= 0.6 is 11.8 Å². The molecule has 0 fully saturated rings. The van der Waals surface area contributed by atoms with Crippen molar-refractivity contribution in [1.82, 2.24) is 19.0 Å². The van der Waals surface area contributed by atoms with Crippen LogP contribution in [-0.4, -0.2) is 32.1 Å². The maximum atomic E-state index is 12.5. The van der Waals surface area contributed by atoms with Crippen LogP contribution in [0.25, 0.3) is 16.6 Å². The number of ether oxygens (including phenoxy) is 1. The molecule has 0 aliphatic heterocycles. The van der Waals surface area contributed by atoms with Crippen LogP contribution in [0.1, 0.15) is 16.1 Å². The number of pyridine rings is 1. The molecule has 146 valence electrons. The molecule has 10 heteroatoms. The van der Waals surface area contributed by atoms with E-state index in [0.717, 1.165) is 4.68 Å². The van der Waals surface area contributed by atoms with Crippen LogP contribution < -0.4 is 17.0 Å². The Kier molecular flexibility index (Phi) is 4.77. The van der Waals surface area contributed by atoms with E-state index in [1.165, 1.54) is 47.5 Å². The first-order valence-corrected chi connectivity index (χ1v) is 9.47. The molecule has 29 heavy (non-hydrogen) atoms. The third-order valence-electron chi connectivity index (χ3n) is 4.26. The first kappa shape index (κ1) is 18.7. The van der Waals surface area contributed by atoms with Gasteiger partial charge >= 0.3 is 5.97 Å². The highest BCUT2D eigenvalue weighted by Gasteiger charge is 2.13. The first-order valence-electron chi connectivity index (χ1n) is 8.48. The lowest BCUT2D eigenvalue weighted by atomic mass is 10.1. The monoisotopic (exact) mass is 409 g/mol. The van der Waals surface area contributed by atoms with Crippen molar-refractivity contribution in [3.63, 3.8) is 0 Å². The topological polar surface area (TPSA) is 122 Å². The summed E-state index contributed by atoms with van der Waals surface area (Å²) in [5.41, 5.74) is 1.01. The summed E-state index contributed by atoms with van der Waals surface area (Å²) < 4.78 is 7.08. The Hall–Kier alpha value is -3.66. The molecule has 4 aromatic rings. The van der Waals surface area contributed by atoms with Gasteiger partial charge in [0.25, 0.3) is 11.1 Å². The fraction of sp³-hybridized carbons (Fsp3) is 0.105. The maximum absolute atomic E-state index is 12.5. The second-order valence-corrected chi connectivity index (χ2v) is 7.04. The lowest BCUT2D eigenvalue weighted by Crippen LogP contribution is -2.30. The van der Waals surface area contributed by atoms with Gasteiger partial charge < -0.3 is 10.6 Å². The quantitative estimate of drug-likeness (QED) is 0.231. The standard InChI is InChI=1S/C19H15N5O4S/c1-28-18(27)11-5-6-13-14(8-11)22-19(24(20)17(13)26)29-10-12-9-16(25)23-7-3-2-4-15(23)21-12/h2-9H,10,20H2,1H3. The maximum Gasteiger partial charge on any atom is 0.337 e. The van der Waals surface area contributed by atoms with Gasteiger partial charge in [-0.25, -0.2) is 19.4 Å². The highest BCUT2D eigenvalue weighted by atomic mass is 32.2. The number of nitrogens with zero attached hydrogens (tertiary/aromatic N) is 4. The molecule has 0 spiro atoms. The number of thioether (sulfide) groups is 1.